The van der Waals surface area contributed by atoms with Crippen molar-refractivity contribution in [2.24, 2.45) is 4.99 Å². The number of carbonyl (C=O) groups excluding carboxylic acids is 1. The summed E-state index contributed by atoms with van der Waals surface area (Å²) in [6.07, 6.45) is -0.417. The number of nitrogens with one attached hydrogen (secondary N) is 3. The lowest BCUT2D eigenvalue weighted by Gasteiger charge is -2.20. The number of guanidine groups is 1. The van der Waals surface area contributed by atoms with Gasteiger partial charge in [0.25, 0.3) is 0 Å². The predicted molar refractivity (Wildman–Crippen MR) is 93.6 cm³/mol. The maximum atomic E-state index is 11.5. The van der Waals surface area contributed by atoms with E-state index < -0.39 is 11.7 Å². The third kappa shape index (κ3) is 8.09. The third-order valence-electron chi connectivity index (χ3n) is 2.96. The number of nitrogens with zero attached hydrogens (tertiary/aromatic N) is 1. The van der Waals surface area contributed by atoms with E-state index in [2.05, 4.69) is 40.0 Å². The fourth-order valence-corrected chi connectivity index (χ4v) is 1.88. The quantitative estimate of drug-likeness (QED) is 0.442. The summed E-state index contributed by atoms with van der Waals surface area (Å²) in [4.78, 5) is 15.7. The van der Waals surface area contributed by atoms with Gasteiger partial charge in [0.15, 0.2) is 5.96 Å². The molecule has 0 saturated heterocycles. The van der Waals surface area contributed by atoms with Gasteiger partial charge in [0.1, 0.15) is 5.60 Å². The highest BCUT2D eigenvalue weighted by molar-refractivity contribution is 5.80. The van der Waals surface area contributed by atoms with Crippen LogP contribution in [0.15, 0.2) is 35.3 Å². The van der Waals surface area contributed by atoms with E-state index in [0.29, 0.717) is 19.0 Å². The number of ether oxygens (including phenoxy) is 1. The summed E-state index contributed by atoms with van der Waals surface area (Å²) in [5, 5.41) is 9.16. The number of hydrogen-bond acceptors (Lipinski definition) is 3. The molecule has 0 bridgehead atoms. The van der Waals surface area contributed by atoms with Crippen LogP contribution in [0.2, 0.25) is 0 Å². The van der Waals surface area contributed by atoms with Crippen molar-refractivity contribution in [3.05, 3.63) is 35.9 Å². The Hall–Kier alpha value is -2.24. The standard InChI is InChI=1S/C17H28N4O2/c1-13(14-9-7-6-8-10-14)21-15(18-5)19-11-12-20-16(22)23-17(2,3)4/h6-10,13H,11-12H2,1-5H3,(H,20,22)(H2,18,19,21). The molecule has 1 amide bonds. The zero-order valence-corrected chi connectivity index (χ0v) is 14.6. The molecule has 6 nitrogen and oxygen atoms in total. The van der Waals surface area contributed by atoms with Crippen LogP contribution in [0.1, 0.15) is 39.3 Å². The topological polar surface area (TPSA) is 74.8 Å². The van der Waals surface area contributed by atoms with Crippen LogP contribution in [0.3, 0.4) is 0 Å². The molecule has 1 rings (SSSR count). The van der Waals surface area contributed by atoms with Crippen molar-refractivity contribution in [2.45, 2.75) is 39.3 Å². The van der Waals surface area contributed by atoms with Crippen molar-refractivity contribution in [3.8, 4) is 0 Å². The number of hydrogen-bond donors (Lipinski definition) is 3. The predicted octanol–water partition coefficient (Wildman–Crippen LogP) is 2.44. The lowest BCUT2D eigenvalue weighted by atomic mass is 10.1. The van der Waals surface area contributed by atoms with Gasteiger partial charge >= 0.3 is 6.09 Å². The zero-order chi connectivity index (χ0) is 17.3. The van der Waals surface area contributed by atoms with E-state index in [1.54, 1.807) is 7.05 Å². The van der Waals surface area contributed by atoms with E-state index in [9.17, 15) is 4.79 Å². The van der Waals surface area contributed by atoms with Crippen LogP contribution in [0.4, 0.5) is 4.79 Å². The van der Waals surface area contributed by atoms with Crippen LogP contribution in [0, 0.1) is 0 Å². The molecular formula is C17H28N4O2. The molecule has 0 aromatic heterocycles. The highest BCUT2D eigenvalue weighted by atomic mass is 16.6. The van der Waals surface area contributed by atoms with Crippen LogP contribution >= 0.6 is 0 Å². The Morgan fingerprint density at radius 1 is 1.17 bits per heavy atom. The molecule has 1 aromatic rings. The Bertz CT molecular complexity index is 509. The summed E-state index contributed by atoms with van der Waals surface area (Å²) in [5.41, 5.74) is 0.697. The van der Waals surface area contributed by atoms with Crippen LogP contribution in [-0.2, 0) is 4.74 Å². The highest BCUT2D eigenvalue weighted by Gasteiger charge is 2.15. The number of rotatable bonds is 5. The number of amides is 1. The first kappa shape index (κ1) is 18.8. The fraction of sp³-hybridized carbons (Fsp3) is 0.529. The normalized spacial score (nSPS) is 13.2. The first-order valence-corrected chi connectivity index (χ1v) is 7.81. The SMILES string of the molecule is CN=C(NCCNC(=O)OC(C)(C)C)NC(C)c1ccccc1. The van der Waals surface area contributed by atoms with Gasteiger partial charge in [-0.25, -0.2) is 4.79 Å². The summed E-state index contributed by atoms with van der Waals surface area (Å²) < 4.78 is 5.17. The average molecular weight is 320 g/mol. The van der Waals surface area contributed by atoms with Gasteiger partial charge in [0.05, 0.1) is 6.04 Å². The van der Waals surface area contributed by atoms with Gasteiger partial charge in [0, 0.05) is 20.1 Å². The number of alkyl carbamates (subject to hydrolysis) is 1. The molecule has 1 atom stereocenters. The second-order valence-electron chi connectivity index (χ2n) is 6.20. The summed E-state index contributed by atoms with van der Waals surface area (Å²) >= 11 is 0. The molecule has 1 aromatic carbocycles. The van der Waals surface area contributed by atoms with Gasteiger partial charge in [-0.3, -0.25) is 4.99 Å². The number of carbonyl (C=O) groups is 1. The highest BCUT2D eigenvalue weighted by Crippen LogP contribution is 2.10. The van der Waals surface area contributed by atoms with E-state index >= 15 is 0 Å². The fourth-order valence-electron chi connectivity index (χ4n) is 1.88. The van der Waals surface area contributed by atoms with Crippen LogP contribution in [0.5, 0.6) is 0 Å². The van der Waals surface area contributed by atoms with Crippen molar-refractivity contribution in [1.29, 1.82) is 0 Å². The van der Waals surface area contributed by atoms with Gasteiger partial charge in [-0.15, -0.1) is 0 Å². The number of aliphatic imine (C=N–C) groups is 1. The monoisotopic (exact) mass is 320 g/mol. The molecule has 0 aliphatic carbocycles. The molecule has 0 heterocycles. The molecular weight excluding hydrogens is 292 g/mol. The van der Waals surface area contributed by atoms with E-state index in [0.717, 1.165) is 0 Å². The van der Waals surface area contributed by atoms with Crippen molar-refractivity contribution in [3.63, 3.8) is 0 Å². The third-order valence-corrected chi connectivity index (χ3v) is 2.96. The minimum Gasteiger partial charge on any atom is -0.444 e. The Labute approximate surface area is 138 Å². The summed E-state index contributed by atoms with van der Waals surface area (Å²) in [6, 6.07) is 10.3. The molecule has 0 saturated carbocycles. The largest absolute Gasteiger partial charge is 0.444 e. The lowest BCUT2D eigenvalue weighted by Crippen LogP contribution is -2.43. The van der Waals surface area contributed by atoms with Gasteiger partial charge in [-0.1, -0.05) is 30.3 Å². The minimum atomic E-state index is -0.486. The average Bonchev–Trinajstić information content (AvgIpc) is 2.49. The molecule has 128 valence electrons. The number of benzene rings is 1. The van der Waals surface area contributed by atoms with E-state index in [-0.39, 0.29) is 6.04 Å². The summed E-state index contributed by atoms with van der Waals surface area (Å²) in [7, 11) is 1.72. The summed E-state index contributed by atoms with van der Waals surface area (Å²) in [6.45, 7) is 8.58. The van der Waals surface area contributed by atoms with E-state index in [4.69, 9.17) is 4.74 Å². The smallest absolute Gasteiger partial charge is 0.407 e. The molecule has 0 aliphatic heterocycles. The Morgan fingerprint density at radius 2 is 1.78 bits per heavy atom. The van der Waals surface area contributed by atoms with Gasteiger partial charge < -0.3 is 20.7 Å². The van der Waals surface area contributed by atoms with Crippen LogP contribution < -0.4 is 16.0 Å². The second kappa shape index (κ2) is 9.02. The Kier molecular flexibility index (Phi) is 7.38. The Morgan fingerprint density at radius 3 is 2.35 bits per heavy atom. The van der Waals surface area contributed by atoms with E-state index in [1.165, 1.54) is 5.56 Å². The molecule has 23 heavy (non-hydrogen) atoms. The minimum absolute atomic E-state index is 0.140. The maximum absolute atomic E-state index is 11.5. The van der Waals surface area contributed by atoms with Crippen molar-refractivity contribution in [2.75, 3.05) is 20.1 Å². The lowest BCUT2D eigenvalue weighted by molar-refractivity contribution is 0.0529. The van der Waals surface area contributed by atoms with Gasteiger partial charge in [0.2, 0.25) is 0 Å². The van der Waals surface area contributed by atoms with Crippen LogP contribution in [-0.4, -0.2) is 37.8 Å². The molecule has 0 aliphatic rings. The molecule has 1 unspecified atom stereocenters. The molecule has 6 heteroatoms. The van der Waals surface area contributed by atoms with Crippen molar-refractivity contribution >= 4 is 12.1 Å². The first-order valence-electron chi connectivity index (χ1n) is 7.81. The Balaban J connectivity index is 2.31. The molecule has 3 N–H and O–H groups in total. The van der Waals surface area contributed by atoms with Crippen LogP contribution in [0.25, 0.3) is 0 Å². The summed E-state index contributed by atoms with van der Waals surface area (Å²) in [5.74, 6) is 0.687. The van der Waals surface area contributed by atoms with E-state index in [1.807, 2.05) is 39.0 Å². The van der Waals surface area contributed by atoms with Crippen molar-refractivity contribution < 1.29 is 9.53 Å². The van der Waals surface area contributed by atoms with Gasteiger partial charge in [-0.2, -0.15) is 0 Å². The molecule has 0 fully saturated rings. The second-order valence-corrected chi connectivity index (χ2v) is 6.20. The zero-order valence-electron chi connectivity index (χ0n) is 14.6. The molecule has 0 spiro atoms. The maximum Gasteiger partial charge on any atom is 0.407 e. The molecule has 0 radical (unpaired) electrons. The first-order chi connectivity index (χ1) is 10.8. The van der Waals surface area contributed by atoms with Gasteiger partial charge in [-0.05, 0) is 33.3 Å². The van der Waals surface area contributed by atoms with Crippen molar-refractivity contribution in [1.82, 2.24) is 16.0 Å².